The average Bonchev–Trinajstić information content (AvgIpc) is 3.20. The highest BCUT2D eigenvalue weighted by Crippen LogP contribution is 2.43. The number of allylic oxidation sites excluding steroid dienone is 14. The van der Waals surface area contributed by atoms with Gasteiger partial charge in [0, 0.05) is 13.0 Å². The summed E-state index contributed by atoms with van der Waals surface area (Å²) in [6, 6.07) is 0. The number of rotatable bonds is 43. The Labute approximate surface area is 369 Å². The molecule has 2 atom stereocenters. The van der Waals surface area contributed by atoms with E-state index in [1.807, 2.05) is 21.1 Å². The van der Waals surface area contributed by atoms with E-state index < -0.39 is 13.9 Å². The number of carbonyl (C=O) groups excluding carboxylic acids is 1. The van der Waals surface area contributed by atoms with Crippen molar-refractivity contribution in [3.05, 3.63) is 85.1 Å². The number of quaternary nitrogens is 1. The van der Waals surface area contributed by atoms with Gasteiger partial charge < -0.3 is 18.9 Å². The number of likely N-dealkylation sites (N-methyl/N-ethyl adjacent to an activating group) is 1. The van der Waals surface area contributed by atoms with Crippen LogP contribution in [-0.2, 0) is 27.9 Å². The molecule has 0 aliphatic rings. The molecule has 0 aliphatic heterocycles. The van der Waals surface area contributed by atoms with Crippen molar-refractivity contribution in [1.29, 1.82) is 0 Å². The fraction of sp³-hybridized carbons (Fsp3) is 0.706. The van der Waals surface area contributed by atoms with Gasteiger partial charge in [-0.25, -0.2) is 4.57 Å². The van der Waals surface area contributed by atoms with Crippen LogP contribution in [0.1, 0.15) is 174 Å². The number of ether oxygens (including phenoxy) is 2. The van der Waals surface area contributed by atoms with Gasteiger partial charge in [-0.15, -0.1) is 0 Å². The van der Waals surface area contributed by atoms with Gasteiger partial charge in [-0.2, -0.15) is 0 Å². The third-order valence-electron chi connectivity index (χ3n) is 9.69. The normalized spacial score (nSPS) is 14.4. The number of phosphoric acid groups is 1. The maximum Gasteiger partial charge on any atom is 0.472 e. The van der Waals surface area contributed by atoms with E-state index in [4.69, 9.17) is 18.5 Å². The predicted molar refractivity (Wildman–Crippen MR) is 256 cm³/mol. The molecule has 8 nitrogen and oxygen atoms in total. The fourth-order valence-electron chi connectivity index (χ4n) is 6.02. The van der Waals surface area contributed by atoms with Crippen molar-refractivity contribution in [2.24, 2.45) is 0 Å². The van der Waals surface area contributed by atoms with Crippen LogP contribution < -0.4 is 0 Å². The van der Waals surface area contributed by atoms with Crippen molar-refractivity contribution in [2.75, 3.05) is 54.1 Å². The Bertz CT molecular complexity index is 1230. The Kier molecular flexibility index (Phi) is 41.7. The van der Waals surface area contributed by atoms with Gasteiger partial charge >= 0.3 is 13.8 Å². The molecule has 0 radical (unpaired) electrons. The van der Waals surface area contributed by atoms with E-state index in [1.54, 1.807) is 0 Å². The van der Waals surface area contributed by atoms with Crippen molar-refractivity contribution in [3.63, 3.8) is 0 Å². The molecular formula is C51H91NO7P+. The zero-order chi connectivity index (χ0) is 44.1. The Morgan fingerprint density at radius 2 is 0.967 bits per heavy atom. The van der Waals surface area contributed by atoms with E-state index in [9.17, 15) is 14.3 Å². The minimum absolute atomic E-state index is 0.0769. The van der Waals surface area contributed by atoms with Gasteiger partial charge in [0.25, 0.3) is 0 Å². The van der Waals surface area contributed by atoms with Crippen LogP contribution in [0.4, 0.5) is 0 Å². The SMILES string of the molecule is CC/C=C\C/C=C\C/C=C\C/C=C\C/C=C\CCCCCCOCC(COP(=O)(O)OCC[N+](C)(C)C)OC(=O)CCCCCCCCC/C=C\C/C=C\CCCCCC. The lowest BCUT2D eigenvalue weighted by molar-refractivity contribution is -0.870. The van der Waals surface area contributed by atoms with Crippen LogP contribution in [0, 0.1) is 0 Å². The molecule has 9 heteroatoms. The van der Waals surface area contributed by atoms with Crippen molar-refractivity contribution < 1.29 is 37.3 Å². The number of unbranched alkanes of at least 4 members (excludes halogenated alkanes) is 15. The molecule has 0 saturated heterocycles. The van der Waals surface area contributed by atoms with Gasteiger partial charge in [-0.1, -0.05) is 163 Å². The number of hydrogen-bond donors (Lipinski definition) is 1. The van der Waals surface area contributed by atoms with E-state index in [0.29, 0.717) is 24.1 Å². The molecule has 0 bridgehead atoms. The lowest BCUT2D eigenvalue weighted by atomic mass is 10.1. The second-order valence-electron chi connectivity index (χ2n) is 16.8. The molecule has 60 heavy (non-hydrogen) atoms. The van der Waals surface area contributed by atoms with E-state index in [-0.39, 0.29) is 25.8 Å². The molecule has 2 unspecified atom stereocenters. The first-order valence-electron chi connectivity index (χ1n) is 23.8. The summed E-state index contributed by atoms with van der Waals surface area (Å²) in [7, 11) is 1.63. The largest absolute Gasteiger partial charge is 0.472 e. The quantitative estimate of drug-likeness (QED) is 0.0215. The third-order valence-corrected chi connectivity index (χ3v) is 10.7. The molecule has 0 aliphatic carbocycles. The van der Waals surface area contributed by atoms with Crippen molar-refractivity contribution in [1.82, 2.24) is 0 Å². The monoisotopic (exact) mass is 861 g/mol. The van der Waals surface area contributed by atoms with E-state index in [1.165, 1.54) is 57.8 Å². The maximum atomic E-state index is 12.7. The second kappa shape index (κ2) is 43.3. The molecule has 0 fully saturated rings. The van der Waals surface area contributed by atoms with Gasteiger partial charge in [0.15, 0.2) is 0 Å². The topological polar surface area (TPSA) is 91.3 Å². The van der Waals surface area contributed by atoms with Gasteiger partial charge in [-0.05, 0) is 89.9 Å². The van der Waals surface area contributed by atoms with Crippen LogP contribution in [0.25, 0.3) is 0 Å². The molecule has 0 spiro atoms. The van der Waals surface area contributed by atoms with Crippen molar-refractivity contribution in [2.45, 2.75) is 180 Å². The minimum Gasteiger partial charge on any atom is -0.457 e. The highest BCUT2D eigenvalue weighted by atomic mass is 31.2. The smallest absolute Gasteiger partial charge is 0.457 e. The first-order valence-corrected chi connectivity index (χ1v) is 25.3. The molecule has 0 heterocycles. The fourth-order valence-corrected chi connectivity index (χ4v) is 6.76. The number of phosphoric ester groups is 1. The standard InChI is InChI=1S/C51H90NO7P/c1-6-8-10-12-14-16-18-20-22-24-26-27-29-31-33-35-37-39-41-43-46-56-48-50(49-58-60(54,55)57-47-45-52(3,4)5)59-51(53)44-42-40-38-36-34-32-30-28-25-23-21-19-17-15-13-11-9-7-2/h8,10,14,16-17,19-20,22-23,25-27,31,33,50H,6-7,9,11-13,15,18,21,24,28-30,32,34-49H2,1-5H3/p+1/b10-8-,16-14-,19-17-,22-20-,25-23-,27-26-,33-31-. The van der Waals surface area contributed by atoms with Crippen LogP contribution in [0.3, 0.4) is 0 Å². The average molecular weight is 861 g/mol. The summed E-state index contributed by atoms with van der Waals surface area (Å²) >= 11 is 0. The third kappa shape index (κ3) is 46.7. The Hall–Kier alpha value is -2.32. The summed E-state index contributed by atoms with van der Waals surface area (Å²) in [4.78, 5) is 23.0. The van der Waals surface area contributed by atoms with Gasteiger partial charge in [0.2, 0.25) is 0 Å². The van der Waals surface area contributed by atoms with Crippen LogP contribution in [-0.4, -0.2) is 75.6 Å². The zero-order valence-electron chi connectivity index (χ0n) is 39.2. The first kappa shape index (κ1) is 57.7. The molecule has 1 N–H and O–H groups in total. The molecule has 0 aromatic rings. The number of esters is 1. The maximum absolute atomic E-state index is 12.7. The highest BCUT2D eigenvalue weighted by Gasteiger charge is 2.26. The number of hydrogen-bond acceptors (Lipinski definition) is 6. The molecule has 0 aromatic heterocycles. The van der Waals surface area contributed by atoms with Crippen LogP contribution in [0.5, 0.6) is 0 Å². The highest BCUT2D eigenvalue weighted by molar-refractivity contribution is 7.47. The first-order chi connectivity index (χ1) is 29.1. The van der Waals surface area contributed by atoms with Crippen LogP contribution >= 0.6 is 7.82 Å². The number of carbonyl (C=O) groups is 1. The van der Waals surface area contributed by atoms with Crippen LogP contribution in [0.2, 0.25) is 0 Å². The summed E-state index contributed by atoms with van der Waals surface area (Å²) < 4.78 is 35.0. The van der Waals surface area contributed by atoms with Gasteiger partial charge in [-0.3, -0.25) is 13.8 Å². The summed E-state index contributed by atoms with van der Waals surface area (Å²) in [5.74, 6) is -0.334. The summed E-state index contributed by atoms with van der Waals surface area (Å²) in [5.41, 5.74) is 0. The molecule has 0 aromatic carbocycles. The van der Waals surface area contributed by atoms with Crippen LogP contribution in [0.15, 0.2) is 85.1 Å². The van der Waals surface area contributed by atoms with Crippen molar-refractivity contribution >= 4 is 13.8 Å². The minimum atomic E-state index is -4.29. The van der Waals surface area contributed by atoms with Gasteiger partial charge in [0.1, 0.15) is 19.3 Å². The molecule has 346 valence electrons. The Morgan fingerprint density at radius 3 is 1.45 bits per heavy atom. The zero-order valence-corrected chi connectivity index (χ0v) is 40.1. The van der Waals surface area contributed by atoms with Gasteiger partial charge in [0.05, 0.1) is 34.4 Å². The molecular weight excluding hydrogens is 770 g/mol. The van der Waals surface area contributed by atoms with Crippen molar-refractivity contribution in [3.8, 4) is 0 Å². The summed E-state index contributed by atoms with van der Waals surface area (Å²) in [5, 5.41) is 0. The Balaban J connectivity index is 4.29. The molecule has 0 amide bonds. The predicted octanol–water partition coefficient (Wildman–Crippen LogP) is 14.4. The van der Waals surface area contributed by atoms with E-state index >= 15 is 0 Å². The lowest BCUT2D eigenvalue weighted by Gasteiger charge is -2.24. The molecule has 0 saturated carbocycles. The van der Waals surface area contributed by atoms with E-state index in [0.717, 1.165) is 96.3 Å². The second-order valence-corrected chi connectivity index (χ2v) is 18.2. The van der Waals surface area contributed by atoms with E-state index in [2.05, 4.69) is 98.9 Å². The molecule has 0 rings (SSSR count). The lowest BCUT2D eigenvalue weighted by Crippen LogP contribution is -2.37. The summed E-state index contributed by atoms with van der Waals surface area (Å²) in [6.45, 7) is 5.40. The number of nitrogens with zero attached hydrogens (tertiary/aromatic N) is 1. The Morgan fingerprint density at radius 1 is 0.533 bits per heavy atom. The summed E-state index contributed by atoms with van der Waals surface area (Å²) in [6.07, 6.45) is 57.6.